The summed E-state index contributed by atoms with van der Waals surface area (Å²) in [6.07, 6.45) is 0.0544. The van der Waals surface area contributed by atoms with Crippen molar-refractivity contribution in [2.75, 3.05) is 7.11 Å². The quantitative estimate of drug-likeness (QED) is 0.737. The number of hydrogen-bond acceptors (Lipinski definition) is 3. The fourth-order valence-corrected chi connectivity index (χ4v) is 1.83. The molecule has 2 rings (SSSR count). The molecular weight excluding hydrogens is 178 g/mol. The standard InChI is InChI=1S/C11H15NO2/c1-7-11(12)10-8(6-14-7)4-3-5-9(10)13-2/h3-5,7,11H,6,12H2,1-2H3/t7-,11+/m0/s1. The van der Waals surface area contributed by atoms with E-state index < -0.39 is 0 Å². The van der Waals surface area contributed by atoms with Gasteiger partial charge in [-0.05, 0) is 18.6 Å². The minimum absolute atomic E-state index is 0.0544. The molecule has 1 heterocycles. The van der Waals surface area contributed by atoms with Gasteiger partial charge in [-0.25, -0.2) is 0 Å². The van der Waals surface area contributed by atoms with Crippen molar-refractivity contribution in [1.29, 1.82) is 0 Å². The first-order chi connectivity index (χ1) is 6.74. The predicted molar refractivity (Wildman–Crippen MR) is 54.2 cm³/mol. The van der Waals surface area contributed by atoms with Gasteiger partial charge in [0.05, 0.1) is 25.9 Å². The van der Waals surface area contributed by atoms with Crippen molar-refractivity contribution in [2.24, 2.45) is 5.73 Å². The summed E-state index contributed by atoms with van der Waals surface area (Å²) in [4.78, 5) is 0. The Morgan fingerprint density at radius 3 is 3.00 bits per heavy atom. The van der Waals surface area contributed by atoms with Crippen LogP contribution in [0.4, 0.5) is 0 Å². The van der Waals surface area contributed by atoms with Crippen LogP contribution >= 0.6 is 0 Å². The first-order valence-corrected chi connectivity index (χ1v) is 4.77. The van der Waals surface area contributed by atoms with Crippen LogP contribution in [0, 0.1) is 0 Å². The molecule has 1 aromatic rings. The fraction of sp³-hybridized carbons (Fsp3) is 0.455. The minimum atomic E-state index is -0.0881. The molecule has 0 spiro atoms. The smallest absolute Gasteiger partial charge is 0.124 e. The zero-order valence-electron chi connectivity index (χ0n) is 8.49. The van der Waals surface area contributed by atoms with Gasteiger partial charge < -0.3 is 15.2 Å². The van der Waals surface area contributed by atoms with E-state index >= 15 is 0 Å². The number of methoxy groups -OCH3 is 1. The average Bonchev–Trinajstić information content (AvgIpc) is 2.23. The lowest BCUT2D eigenvalue weighted by molar-refractivity contribution is 0.0204. The first kappa shape index (κ1) is 9.49. The maximum Gasteiger partial charge on any atom is 0.124 e. The molecule has 0 saturated carbocycles. The van der Waals surface area contributed by atoms with Crippen molar-refractivity contribution in [3.63, 3.8) is 0 Å². The monoisotopic (exact) mass is 193 g/mol. The summed E-state index contributed by atoms with van der Waals surface area (Å²) in [7, 11) is 1.67. The second kappa shape index (κ2) is 3.59. The molecule has 3 nitrogen and oxygen atoms in total. The Kier molecular flexibility index (Phi) is 2.44. The van der Waals surface area contributed by atoms with Crippen molar-refractivity contribution in [3.05, 3.63) is 29.3 Å². The molecule has 3 heteroatoms. The third-order valence-electron chi connectivity index (χ3n) is 2.72. The molecule has 1 aliphatic rings. The zero-order chi connectivity index (χ0) is 10.1. The van der Waals surface area contributed by atoms with E-state index in [0.29, 0.717) is 6.61 Å². The van der Waals surface area contributed by atoms with Crippen molar-refractivity contribution in [3.8, 4) is 5.75 Å². The van der Waals surface area contributed by atoms with Crippen LogP contribution < -0.4 is 10.5 Å². The number of benzene rings is 1. The van der Waals surface area contributed by atoms with Gasteiger partial charge in [-0.2, -0.15) is 0 Å². The summed E-state index contributed by atoms with van der Waals surface area (Å²) >= 11 is 0. The average molecular weight is 193 g/mol. The maximum absolute atomic E-state index is 6.06. The van der Waals surface area contributed by atoms with Crippen LogP contribution in [0.1, 0.15) is 24.1 Å². The van der Waals surface area contributed by atoms with E-state index in [1.165, 1.54) is 0 Å². The molecule has 2 atom stereocenters. The van der Waals surface area contributed by atoms with E-state index in [1.54, 1.807) is 7.11 Å². The van der Waals surface area contributed by atoms with E-state index in [4.69, 9.17) is 15.2 Å². The first-order valence-electron chi connectivity index (χ1n) is 4.77. The van der Waals surface area contributed by atoms with Crippen molar-refractivity contribution in [1.82, 2.24) is 0 Å². The topological polar surface area (TPSA) is 44.5 Å². The molecule has 14 heavy (non-hydrogen) atoms. The number of fused-ring (bicyclic) bond motifs is 1. The highest BCUT2D eigenvalue weighted by Gasteiger charge is 2.26. The molecule has 0 amide bonds. The summed E-state index contributed by atoms with van der Waals surface area (Å²) in [5, 5.41) is 0. The Bertz CT molecular complexity index is 324. The Morgan fingerprint density at radius 1 is 1.50 bits per heavy atom. The summed E-state index contributed by atoms with van der Waals surface area (Å²) in [5.74, 6) is 0.866. The Labute approximate surface area is 83.8 Å². The number of rotatable bonds is 1. The van der Waals surface area contributed by atoms with Crippen LogP contribution in [0.3, 0.4) is 0 Å². The molecule has 0 fully saturated rings. The van der Waals surface area contributed by atoms with Gasteiger partial charge in [0.25, 0.3) is 0 Å². The lowest BCUT2D eigenvalue weighted by Gasteiger charge is -2.30. The normalized spacial score (nSPS) is 25.6. The zero-order valence-corrected chi connectivity index (χ0v) is 8.49. The highest BCUT2D eigenvalue weighted by atomic mass is 16.5. The van der Waals surface area contributed by atoms with Gasteiger partial charge >= 0.3 is 0 Å². The summed E-state index contributed by atoms with van der Waals surface area (Å²) < 4.78 is 10.8. The maximum atomic E-state index is 6.06. The van der Waals surface area contributed by atoms with Crippen LogP contribution in [0.25, 0.3) is 0 Å². The second-order valence-corrected chi connectivity index (χ2v) is 3.57. The van der Waals surface area contributed by atoms with Crippen LogP contribution in [-0.2, 0) is 11.3 Å². The highest BCUT2D eigenvalue weighted by Crippen LogP contribution is 2.34. The lowest BCUT2D eigenvalue weighted by atomic mass is 9.94. The Hall–Kier alpha value is -1.06. The number of ether oxygens (including phenoxy) is 2. The van der Waals surface area contributed by atoms with E-state index in [1.807, 2.05) is 25.1 Å². The molecule has 0 saturated heterocycles. The third kappa shape index (κ3) is 1.38. The summed E-state index contributed by atoms with van der Waals surface area (Å²) in [5.41, 5.74) is 8.29. The van der Waals surface area contributed by atoms with Gasteiger partial charge in [-0.15, -0.1) is 0 Å². The summed E-state index contributed by atoms with van der Waals surface area (Å²) in [6, 6.07) is 5.85. The van der Waals surface area contributed by atoms with Gasteiger partial charge in [-0.3, -0.25) is 0 Å². The van der Waals surface area contributed by atoms with Crippen LogP contribution in [-0.4, -0.2) is 13.2 Å². The fourth-order valence-electron chi connectivity index (χ4n) is 1.83. The largest absolute Gasteiger partial charge is 0.496 e. The van der Waals surface area contributed by atoms with E-state index in [2.05, 4.69) is 0 Å². The molecule has 1 aliphatic heterocycles. The SMILES string of the molecule is COc1cccc2c1[C@H](N)[C@H](C)OC2. The second-order valence-electron chi connectivity index (χ2n) is 3.57. The van der Waals surface area contributed by atoms with Crippen LogP contribution in [0.15, 0.2) is 18.2 Å². The Balaban J connectivity index is 2.49. The third-order valence-corrected chi connectivity index (χ3v) is 2.72. The summed E-state index contributed by atoms with van der Waals surface area (Å²) in [6.45, 7) is 2.61. The molecule has 0 radical (unpaired) electrons. The van der Waals surface area contributed by atoms with Crippen molar-refractivity contribution < 1.29 is 9.47 Å². The minimum Gasteiger partial charge on any atom is -0.496 e. The van der Waals surface area contributed by atoms with Crippen LogP contribution in [0.5, 0.6) is 5.75 Å². The molecule has 0 aliphatic carbocycles. The van der Waals surface area contributed by atoms with E-state index in [0.717, 1.165) is 16.9 Å². The Morgan fingerprint density at radius 2 is 2.29 bits per heavy atom. The van der Waals surface area contributed by atoms with Crippen molar-refractivity contribution >= 4 is 0 Å². The highest BCUT2D eigenvalue weighted by molar-refractivity contribution is 5.43. The van der Waals surface area contributed by atoms with E-state index in [9.17, 15) is 0 Å². The molecule has 1 aromatic carbocycles. The molecule has 76 valence electrons. The number of nitrogens with two attached hydrogens (primary N) is 1. The molecule has 0 bridgehead atoms. The van der Waals surface area contributed by atoms with Crippen molar-refractivity contribution in [2.45, 2.75) is 25.7 Å². The van der Waals surface area contributed by atoms with Gasteiger partial charge in [-0.1, -0.05) is 12.1 Å². The molecule has 2 N–H and O–H groups in total. The molecule has 0 aromatic heterocycles. The van der Waals surface area contributed by atoms with E-state index in [-0.39, 0.29) is 12.1 Å². The lowest BCUT2D eigenvalue weighted by Crippen LogP contribution is -2.31. The van der Waals surface area contributed by atoms with Gasteiger partial charge in [0.15, 0.2) is 0 Å². The van der Waals surface area contributed by atoms with Gasteiger partial charge in [0, 0.05) is 5.56 Å². The van der Waals surface area contributed by atoms with Gasteiger partial charge in [0.1, 0.15) is 5.75 Å². The number of hydrogen-bond donors (Lipinski definition) is 1. The van der Waals surface area contributed by atoms with Gasteiger partial charge in [0.2, 0.25) is 0 Å². The van der Waals surface area contributed by atoms with Crippen LogP contribution in [0.2, 0.25) is 0 Å². The molecular formula is C11H15NO2. The predicted octanol–water partition coefficient (Wildman–Crippen LogP) is 1.61. The molecule has 0 unspecified atom stereocenters.